The first-order valence-electron chi connectivity index (χ1n) is 6.24. The summed E-state index contributed by atoms with van der Waals surface area (Å²) in [5.74, 6) is -0.348. The second-order valence-electron chi connectivity index (χ2n) is 4.67. The van der Waals surface area contributed by atoms with E-state index in [0.29, 0.717) is 4.71 Å². The Bertz CT molecular complexity index is 600. The summed E-state index contributed by atoms with van der Waals surface area (Å²) in [5, 5.41) is 0. The molecule has 1 radical (unpaired) electrons. The van der Waals surface area contributed by atoms with Crippen LogP contribution >= 0.6 is 0 Å². The fourth-order valence-corrected chi connectivity index (χ4v) is 5.55. The van der Waals surface area contributed by atoms with Crippen molar-refractivity contribution < 1.29 is 4.79 Å². The topological polar surface area (TPSA) is 56.0 Å². The summed E-state index contributed by atoms with van der Waals surface area (Å²) in [5.41, 5.74) is 8.00. The number of nitrogens with zero attached hydrogens (tertiary/aromatic N) is 1. The Morgan fingerprint density at radius 3 is 2.74 bits per heavy atom. The summed E-state index contributed by atoms with van der Waals surface area (Å²) in [6.45, 7) is 0. The molecule has 2 atom stereocenters. The quantitative estimate of drug-likeness (QED) is 0.861. The average Bonchev–Trinajstić information content (AvgIpc) is 2.77. The molecule has 0 aliphatic heterocycles. The molecule has 0 saturated carbocycles. The average molecular weight is 313 g/mol. The van der Waals surface area contributed by atoms with Gasteiger partial charge in [-0.05, 0) is 0 Å². The van der Waals surface area contributed by atoms with E-state index in [1.54, 1.807) is 0 Å². The van der Waals surface area contributed by atoms with Gasteiger partial charge in [0.25, 0.3) is 0 Å². The van der Waals surface area contributed by atoms with Crippen LogP contribution in [-0.4, -0.2) is 26.6 Å². The van der Waals surface area contributed by atoms with E-state index in [0.717, 1.165) is 16.5 Å². The van der Waals surface area contributed by atoms with Crippen molar-refractivity contribution in [3.63, 3.8) is 0 Å². The Morgan fingerprint density at radius 1 is 1.21 bits per heavy atom. The number of aromatic nitrogens is 1. The third-order valence-corrected chi connectivity index (χ3v) is 6.27. The molecule has 0 fully saturated rings. The summed E-state index contributed by atoms with van der Waals surface area (Å²) in [4.78, 5) is 16.2. The molecule has 1 aromatic carbocycles. The zero-order valence-electron chi connectivity index (χ0n) is 10.4. The Labute approximate surface area is 118 Å². The summed E-state index contributed by atoms with van der Waals surface area (Å²) in [7, 11) is 0. The van der Waals surface area contributed by atoms with Crippen molar-refractivity contribution in [2.45, 2.75) is 17.0 Å². The zero-order valence-corrected chi connectivity index (χ0v) is 12.2. The molecule has 1 aliphatic carbocycles. The molecular weight excluding hydrogens is 299 g/mol. The van der Waals surface area contributed by atoms with E-state index in [-0.39, 0.29) is 27.6 Å². The third-order valence-electron chi connectivity index (χ3n) is 3.46. The van der Waals surface area contributed by atoms with Crippen LogP contribution < -0.4 is 10.2 Å². The van der Waals surface area contributed by atoms with Gasteiger partial charge < -0.3 is 0 Å². The summed E-state index contributed by atoms with van der Waals surface area (Å²) in [6, 6.07) is 14.1. The first kappa shape index (κ1) is 12.4. The van der Waals surface area contributed by atoms with Crippen molar-refractivity contribution in [1.29, 1.82) is 0 Å². The molecule has 2 aromatic rings. The van der Waals surface area contributed by atoms with Crippen LogP contribution in [0, 0.1) is 0 Å². The first-order valence-corrected chi connectivity index (χ1v) is 8.27. The molecule has 1 amide bonds. The predicted octanol–water partition coefficient (Wildman–Crippen LogP) is 1.02. The van der Waals surface area contributed by atoms with Gasteiger partial charge >= 0.3 is 118 Å². The van der Waals surface area contributed by atoms with Crippen LogP contribution in [0.2, 0.25) is 4.71 Å². The van der Waals surface area contributed by atoms with E-state index >= 15 is 0 Å². The van der Waals surface area contributed by atoms with Gasteiger partial charge in [0.1, 0.15) is 0 Å². The molecule has 1 aliphatic rings. The normalized spacial score (nSPS) is 21.7. The third kappa shape index (κ3) is 2.43. The van der Waals surface area contributed by atoms with Crippen LogP contribution in [0.3, 0.4) is 0 Å². The number of amides is 1. The standard InChI is InChI=1S/C15H14AsN2O/c17-15(19)14-11-6-2-1-5-10(11)9-12(14)16-13-7-3-4-8-18-13/h1-8,12,14H,9H2,(H2,17,19)/t12-,14?/m0/s1. The van der Waals surface area contributed by atoms with Crippen molar-refractivity contribution in [2.75, 3.05) is 0 Å². The molecule has 1 heterocycles. The van der Waals surface area contributed by atoms with Crippen molar-refractivity contribution in [3.8, 4) is 0 Å². The molecule has 0 saturated heterocycles. The number of rotatable bonds is 3. The molecule has 4 heteroatoms. The predicted molar refractivity (Wildman–Crippen MR) is 75.5 cm³/mol. The zero-order chi connectivity index (χ0) is 13.2. The molecule has 1 unspecified atom stereocenters. The van der Waals surface area contributed by atoms with Gasteiger partial charge in [-0.3, -0.25) is 0 Å². The van der Waals surface area contributed by atoms with Crippen LogP contribution in [0.15, 0.2) is 48.7 Å². The van der Waals surface area contributed by atoms with Gasteiger partial charge in [-0.2, -0.15) is 0 Å². The number of primary amides is 1. The minimum atomic E-state index is -0.207. The molecule has 3 rings (SSSR count). The number of hydrogen-bond donors (Lipinski definition) is 1. The van der Waals surface area contributed by atoms with Crippen molar-refractivity contribution in [1.82, 2.24) is 4.98 Å². The van der Waals surface area contributed by atoms with Crippen LogP contribution in [-0.2, 0) is 11.2 Å². The second-order valence-corrected chi connectivity index (χ2v) is 7.56. The molecule has 95 valence electrons. The fourth-order valence-electron chi connectivity index (χ4n) is 2.64. The summed E-state index contributed by atoms with van der Waals surface area (Å²) in [6.07, 6.45) is 2.76. The van der Waals surface area contributed by atoms with Crippen LogP contribution in [0.25, 0.3) is 0 Å². The number of benzene rings is 1. The van der Waals surface area contributed by atoms with Crippen molar-refractivity contribution >= 4 is 26.1 Å². The fraction of sp³-hybridized carbons (Fsp3) is 0.200. The number of fused-ring (bicyclic) bond motifs is 1. The second kappa shape index (κ2) is 5.18. The van der Waals surface area contributed by atoms with E-state index in [1.165, 1.54) is 5.56 Å². The van der Waals surface area contributed by atoms with Gasteiger partial charge in [0.2, 0.25) is 0 Å². The Morgan fingerprint density at radius 2 is 2.00 bits per heavy atom. The molecule has 3 nitrogen and oxygen atoms in total. The SMILES string of the molecule is NC(=O)C1c2ccccc2C[C@@H]1[As]c1ccccn1. The van der Waals surface area contributed by atoms with Crippen molar-refractivity contribution in [2.24, 2.45) is 5.73 Å². The minimum absolute atomic E-state index is 0.141. The van der Waals surface area contributed by atoms with E-state index < -0.39 is 0 Å². The molecule has 0 bridgehead atoms. The van der Waals surface area contributed by atoms with Crippen molar-refractivity contribution in [3.05, 3.63) is 59.8 Å². The van der Waals surface area contributed by atoms with E-state index in [1.807, 2.05) is 42.6 Å². The van der Waals surface area contributed by atoms with Crippen LogP contribution in [0.4, 0.5) is 0 Å². The van der Waals surface area contributed by atoms with E-state index in [4.69, 9.17) is 5.73 Å². The molecular formula is C15H14AsN2O. The Hall–Kier alpha value is -1.60. The van der Waals surface area contributed by atoms with Gasteiger partial charge in [-0.1, -0.05) is 0 Å². The Balaban J connectivity index is 1.89. The van der Waals surface area contributed by atoms with Gasteiger partial charge in [0.15, 0.2) is 0 Å². The molecule has 2 N–H and O–H groups in total. The van der Waals surface area contributed by atoms with Crippen LogP contribution in [0.1, 0.15) is 17.0 Å². The first-order chi connectivity index (χ1) is 9.25. The number of hydrogen-bond acceptors (Lipinski definition) is 2. The number of carbonyl (C=O) groups is 1. The number of nitrogens with two attached hydrogens (primary N) is 1. The van der Waals surface area contributed by atoms with Gasteiger partial charge in [0.05, 0.1) is 0 Å². The Kier molecular flexibility index (Phi) is 3.39. The maximum absolute atomic E-state index is 11.8. The summed E-state index contributed by atoms with van der Waals surface area (Å²) >= 11 is -0.147. The van der Waals surface area contributed by atoms with E-state index in [2.05, 4.69) is 11.1 Å². The van der Waals surface area contributed by atoms with Crippen LogP contribution in [0.5, 0.6) is 0 Å². The van der Waals surface area contributed by atoms with Gasteiger partial charge in [0, 0.05) is 0 Å². The van der Waals surface area contributed by atoms with E-state index in [9.17, 15) is 4.79 Å². The molecule has 1 aromatic heterocycles. The number of pyridine rings is 1. The van der Waals surface area contributed by atoms with Gasteiger partial charge in [-0.25, -0.2) is 0 Å². The summed E-state index contributed by atoms with van der Waals surface area (Å²) < 4.78 is 1.43. The van der Waals surface area contributed by atoms with Gasteiger partial charge in [-0.15, -0.1) is 0 Å². The molecule has 0 spiro atoms. The monoisotopic (exact) mass is 313 g/mol. The molecule has 19 heavy (non-hydrogen) atoms. The maximum atomic E-state index is 11.8. The number of carbonyl (C=O) groups excluding carboxylic acids is 1.